The van der Waals surface area contributed by atoms with Crippen LogP contribution < -0.4 is 9.09 Å². The summed E-state index contributed by atoms with van der Waals surface area (Å²) in [6.07, 6.45) is 5.51. The molecule has 0 aliphatic rings. The van der Waals surface area contributed by atoms with Crippen LogP contribution in [0.3, 0.4) is 0 Å². The standard InChI is InChI=1S/C8H8AsN3/c1-3-7(10-4-1)9-8-11-5-2-6-12-8/h1-6,9-10H. The summed E-state index contributed by atoms with van der Waals surface area (Å²) in [7, 11) is 0. The molecule has 1 unspecified atom stereocenters. The zero-order valence-corrected chi connectivity index (χ0v) is 8.46. The SMILES string of the molecule is c1cnc([AsH]c2ccc[nH]2)nc1. The third kappa shape index (κ3) is 1.74. The van der Waals surface area contributed by atoms with Crippen LogP contribution in [0, 0.1) is 0 Å². The van der Waals surface area contributed by atoms with Gasteiger partial charge < -0.3 is 0 Å². The monoisotopic (exact) mass is 221 g/mol. The Hall–Kier alpha value is -1.08. The summed E-state index contributed by atoms with van der Waals surface area (Å²) in [5.41, 5.74) is 0. The second-order valence-corrected chi connectivity index (χ2v) is 4.87. The topological polar surface area (TPSA) is 41.6 Å². The van der Waals surface area contributed by atoms with Gasteiger partial charge in [-0.3, -0.25) is 0 Å². The van der Waals surface area contributed by atoms with E-state index in [1.165, 1.54) is 4.48 Å². The average Bonchev–Trinajstić information content (AvgIpc) is 2.59. The Kier molecular flexibility index (Phi) is 2.23. The van der Waals surface area contributed by atoms with Crippen LogP contribution in [0.15, 0.2) is 36.8 Å². The molecule has 0 saturated carbocycles. The second-order valence-electron chi connectivity index (χ2n) is 2.28. The summed E-state index contributed by atoms with van der Waals surface area (Å²) >= 11 is -0.346. The second kappa shape index (κ2) is 3.54. The molecule has 12 heavy (non-hydrogen) atoms. The van der Waals surface area contributed by atoms with E-state index in [-0.39, 0.29) is 15.8 Å². The molecule has 0 aliphatic heterocycles. The molecular formula is C8H8AsN3. The van der Waals surface area contributed by atoms with Crippen molar-refractivity contribution in [1.82, 2.24) is 15.0 Å². The molecule has 2 rings (SSSR count). The van der Waals surface area contributed by atoms with Crippen LogP contribution in [-0.2, 0) is 0 Å². The van der Waals surface area contributed by atoms with Crippen LogP contribution in [0.5, 0.6) is 0 Å². The van der Waals surface area contributed by atoms with Crippen LogP contribution in [0.25, 0.3) is 0 Å². The quantitative estimate of drug-likeness (QED) is 0.674. The molecular weight excluding hydrogens is 213 g/mol. The Morgan fingerprint density at radius 3 is 2.67 bits per heavy atom. The van der Waals surface area contributed by atoms with Gasteiger partial charge in [0.25, 0.3) is 0 Å². The molecule has 0 bridgehead atoms. The molecule has 2 aromatic heterocycles. The van der Waals surface area contributed by atoms with Crippen LogP contribution >= 0.6 is 0 Å². The van der Waals surface area contributed by atoms with E-state index in [1.54, 1.807) is 12.4 Å². The Balaban J connectivity index is 2.15. The minimum absolute atomic E-state index is 0.346. The number of nitrogens with one attached hydrogen (secondary N) is 1. The Morgan fingerprint density at radius 1 is 1.17 bits per heavy atom. The molecule has 0 aliphatic carbocycles. The molecule has 0 saturated heterocycles. The van der Waals surface area contributed by atoms with Crippen molar-refractivity contribution in [2.24, 2.45) is 0 Å². The van der Waals surface area contributed by atoms with E-state index in [2.05, 4.69) is 21.0 Å². The van der Waals surface area contributed by atoms with Gasteiger partial charge in [0.2, 0.25) is 0 Å². The summed E-state index contributed by atoms with van der Waals surface area (Å²) < 4.78 is 2.24. The van der Waals surface area contributed by atoms with E-state index in [0.717, 1.165) is 4.61 Å². The van der Waals surface area contributed by atoms with E-state index in [9.17, 15) is 0 Å². The maximum absolute atomic E-state index is 4.18. The Morgan fingerprint density at radius 2 is 2.00 bits per heavy atom. The summed E-state index contributed by atoms with van der Waals surface area (Å²) in [5, 5.41) is 0. The van der Waals surface area contributed by atoms with Gasteiger partial charge in [-0.2, -0.15) is 0 Å². The maximum atomic E-state index is 4.18. The molecule has 0 spiro atoms. The van der Waals surface area contributed by atoms with Gasteiger partial charge >= 0.3 is 76.6 Å². The fourth-order valence-electron chi connectivity index (χ4n) is 0.892. The van der Waals surface area contributed by atoms with E-state index in [0.29, 0.717) is 0 Å². The van der Waals surface area contributed by atoms with Crippen molar-refractivity contribution < 1.29 is 0 Å². The predicted octanol–water partition coefficient (Wildman–Crippen LogP) is -0.808. The summed E-state index contributed by atoms with van der Waals surface area (Å²) in [6.45, 7) is 0. The van der Waals surface area contributed by atoms with E-state index in [1.807, 2.05) is 18.3 Å². The van der Waals surface area contributed by atoms with Gasteiger partial charge in [-0.1, -0.05) is 0 Å². The minimum atomic E-state index is -0.346. The first kappa shape index (κ1) is 7.56. The number of rotatable bonds is 2. The molecule has 0 aromatic carbocycles. The molecule has 1 N–H and O–H groups in total. The number of aromatic amines is 1. The van der Waals surface area contributed by atoms with Crippen LogP contribution in [-0.4, -0.2) is 30.7 Å². The first-order valence-electron chi connectivity index (χ1n) is 3.62. The molecule has 4 heteroatoms. The zero-order valence-electron chi connectivity index (χ0n) is 6.36. The van der Waals surface area contributed by atoms with Gasteiger partial charge in [-0.05, 0) is 0 Å². The molecule has 0 radical (unpaired) electrons. The zero-order chi connectivity index (χ0) is 8.23. The molecule has 3 nitrogen and oxygen atoms in total. The molecule has 2 heterocycles. The summed E-state index contributed by atoms with van der Waals surface area (Å²) in [4.78, 5) is 11.5. The Labute approximate surface area is 76.9 Å². The van der Waals surface area contributed by atoms with Gasteiger partial charge in [0.05, 0.1) is 0 Å². The molecule has 60 valence electrons. The summed E-state index contributed by atoms with van der Waals surface area (Å²) in [6, 6.07) is 5.92. The third-order valence-corrected chi connectivity index (χ3v) is 3.64. The first-order chi connectivity index (χ1) is 5.95. The van der Waals surface area contributed by atoms with Crippen LogP contribution in [0.2, 0.25) is 0 Å². The van der Waals surface area contributed by atoms with E-state index in [4.69, 9.17) is 0 Å². The predicted molar refractivity (Wildman–Crippen MR) is 49.2 cm³/mol. The molecule has 1 atom stereocenters. The number of hydrogen-bond donors (Lipinski definition) is 1. The fourth-order valence-corrected chi connectivity index (χ4v) is 2.68. The third-order valence-electron chi connectivity index (χ3n) is 1.41. The Bertz CT molecular complexity index is 330. The van der Waals surface area contributed by atoms with Crippen molar-refractivity contribution in [3.05, 3.63) is 36.8 Å². The van der Waals surface area contributed by atoms with Crippen molar-refractivity contribution in [1.29, 1.82) is 0 Å². The number of aromatic nitrogens is 3. The van der Waals surface area contributed by atoms with Crippen LogP contribution in [0.1, 0.15) is 0 Å². The van der Waals surface area contributed by atoms with E-state index >= 15 is 0 Å². The van der Waals surface area contributed by atoms with Gasteiger partial charge in [0, 0.05) is 0 Å². The molecule has 0 fully saturated rings. The first-order valence-corrected chi connectivity index (χ1v) is 5.72. The van der Waals surface area contributed by atoms with Gasteiger partial charge in [-0.25, -0.2) is 0 Å². The molecule has 0 amide bonds. The summed E-state index contributed by atoms with van der Waals surface area (Å²) in [5.74, 6) is 0. The number of nitrogens with zero attached hydrogens (tertiary/aromatic N) is 2. The number of H-pyrrole nitrogens is 1. The van der Waals surface area contributed by atoms with E-state index < -0.39 is 0 Å². The normalized spacial score (nSPS) is 11.0. The van der Waals surface area contributed by atoms with Gasteiger partial charge in [0.15, 0.2) is 0 Å². The van der Waals surface area contributed by atoms with Crippen molar-refractivity contribution in [2.45, 2.75) is 0 Å². The molecule has 2 aromatic rings. The average molecular weight is 221 g/mol. The van der Waals surface area contributed by atoms with Gasteiger partial charge in [-0.15, -0.1) is 0 Å². The van der Waals surface area contributed by atoms with Crippen molar-refractivity contribution in [2.75, 3.05) is 0 Å². The van der Waals surface area contributed by atoms with Crippen LogP contribution in [0.4, 0.5) is 0 Å². The van der Waals surface area contributed by atoms with Crippen molar-refractivity contribution >= 4 is 24.8 Å². The number of hydrogen-bond acceptors (Lipinski definition) is 2. The van der Waals surface area contributed by atoms with Crippen molar-refractivity contribution in [3.63, 3.8) is 0 Å². The van der Waals surface area contributed by atoms with Gasteiger partial charge in [0.1, 0.15) is 0 Å². The van der Waals surface area contributed by atoms with Crippen molar-refractivity contribution in [3.8, 4) is 0 Å². The fraction of sp³-hybridized carbons (Fsp3) is 0.